The maximum absolute atomic E-state index is 9.96. The zero-order chi connectivity index (χ0) is 15.1. The average molecular weight is 274 g/mol. The number of allylic oxidation sites excluding steroid dienone is 8. The average Bonchev–Trinajstić information content (AvgIpc) is 2.56. The molecule has 2 N–H and O–H groups in total. The Kier molecular flexibility index (Phi) is 6.53. The molecule has 0 spiro atoms. The molecule has 0 fully saturated rings. The van der Waals surface area contributed by atoms with Crippen molar-refractivity contribution in [2.45, 2.75) is 53.1 Å². The van der Waals surface area contributed by atoms with E-state index in [-0.39, 0.29) is 6.10 Å². The van der Waals surface area contributed by atoms with Gasteiger partial charge in [-0.1, -0.05) is 37.3 Å². The zero-order valence-corrected chi connectivity index (χ0v) is 13.0. The van der Waals surface area contributed by atoms with Crippen LogP contribution in [0, 0.1) is 0 Å². The smallest absolute Gasteiger partial charge is 0.117 e. The Hall–Kier alpha value is -1.54. The summed E-state index contributed by atoms with van der Waals surface area (Å²) in [7, 11) is 0. The van der Waals surface area contributed by atoms with Gasteiger partial charge in [0, 0.05) is 0 Å². The van der Waals surface area contributed by atoms with E-state index in [1.54, 1.807) is 0 Å². The molecule has 0 aromatic rings. The van der Waals surface area contributed by atoms with Crippen LogP contribution in [0.4, 0.5) is 0 Å². The van der Waals surface area contributed by atoms with Gasteiger partial charge in [-0.3, -0.25) is 0 Å². The lowest BCUT2D eigenvalue weighted by molar-refractivity contribution is 0.219. The summed E-state index contributed by atoms with van der Waals surface area (Å²) in [6, 6.07) is 0. The molecule has 0 aromatic heterocycles. The van der Waals surface area contributed by atoms with Crippen LogP contribution in [0.15, 0.2) is 58.4 Å². The molecule has 0 amide bonds. The van der Waals surface area contributed by atoms with Crippen molar-refractivity contribution in [3.63, 3.8) is 0 Å². The lowest BCUT2D eigenvalue weighted by Crippen LogP contribution is -1.98. The van der Waals surface area contributed by atoms with Crippen LogP contribution in [0.5, 0.6) is 0 Å². The van der Waals surface area contributed by atoms with Crippen molar-refractivity contribution in [1.29, 1.82) is 0 Å². The molecule has 2 nitrogen and oxygen atoms in total. The van der Waals surface area contributed by atoms with E-state index in [9.17, 15) is 10.2 Å². The van der Waals surface area contributed by atoms with Crippen LogP contribution in [0.1, 0.15) is 47.0 Å². The van der Waals surface area contributed by atoms with Crippen molar-refractivity contribution in [1.82, 2.24) is 0 Å². The number of rotatable bonds is 5. The van der Waals surface area contributed by atoms with E-state index < -0.39 is 0 Å². The second-order valence-corrected chi connectivity index (χ2v) is 5.31. The van der Waals surface area contributed by atoms with E-state index in [4.69, 9.17) is 0 Å². The molecule has 110 valence electrons. The predicted octanol–water partition coefficient (Wildman–Crippen LogP) is 4.76. The Morgan fingerprint density at radius 1 is 1.40 bits per heavy atom. The molecule has 0 radical (unpaired) electrons. The maximum Gasteiger partial charge on any atom is 0.117 e. The van der Waals surface area contributed by atoms with Crippen LogP contribution in [0.25, 0.3) is 0 Å². The summed E-state index contributed by atoms with van der Waals surface area (Å²) in [6.45, 7) is 7.86. The number of hydrogen-bond donors (Lipinski definition) is 2. The molecule has 0 aromatic carbocycles. The lowest BCUT2D eigenvalue weighted by atomic mass is 10.0. The van der Waals surface area contributed by atoms with Crippen LogP contribution in [0.2, 0.25) is 0 Å². The van der Waals surface area contributed by atoms with Gasteiger partial charge in [0.1, 0.15) is 5.76 Å². The first-order valence-corrected chi connectivity index (χ1v) is 7.25. The zero-order valence-electron chi connectivity index (χ0n) is 13.0. The highest BCUT2D eigenvalue weighted by atomic mass is 16.3. The summed E-state index contributed by atoms with van der Waals surface area (Å²) in [4.78, 5) is 0. The van der Waals surface area contributed by atoms with Crippen LogP contribution >= 0.6 is 0 Å². The third kappa shape index (κ3) is 4.86. The highest BCUT2D eigenvalue weighted by Crippen LogP contribution is 2.25. The highest BCUT2D eigenvalue weighted by molar-refractivity contribution is 5.41. The lowest BCUT2D eigenvalue weighted by Gasteiger charge is -2.06. The number of aliphatic hydroxyl groups excluding tert-OH is 2. The van der Waals surface area contributed by atoms with Crippen LogP contribution < -0.4 is 0 Å². The summed E-state index contributed by atoms with van der Waals surface area (Å²) in [5, 5.41) is 19.5. The summed E-state index contributed by atoms with van der Waals surface area (Å²) in [6.07, 6.45) is 12.1. The minimum Gasteiger partial charge on any atom is -0.508 e. The molecule has 1 atom stereocenters. The molecular weight excluding hydrogens is 248 g/mol. The van der Waals surface area contributed by atoms with Crippen LogP contribution in [0.3, 0.4) is 0 Å². The van der Waals surface area contributed by atoms with Crippen molar-refractivity contribution in [2.75, 3.05) is 0 Å². The van der Waals surface area contributed by atoms with Crippen molar-refractivity contribution < 1.29 is 10.2 Å². The first kappa shape index (κ1) is 16.5. The normalized spacial score (nSPS) is 18.9. The van der Waals surface area contributed by atoms with Crippen molar-refractivity contribution in [3.8, 4) is 0 Å². The fraction of sp³-hybridized carbons (Fsp3) is 0.444. The Morgan fingerprint density at radius 2 is 2.10 bits per heavy atom. The van der Waals surface area contributed by atoms with Crippen molar-refractivity contribution in [3.05, 3.63) is 58.4 Å². The third-order valence-corrected chi connectivity index (χ3v) is 3.58. The van der Waals surface area contributed by atoms with Gasteiger partial charge in [-0.15, -0.1) is 0 Å². The van der Waals surface area contributed by atoms with Crippen molar-refractivity contribution in [2.24, 2.45) is 0 Å². The Balaban J connectivity index is 2.80. The molecule has 20 heavy (non-hydrogen) atoms. The molecule has 1 aliphatic carbocycles. The molecular formula is C18H26O2. The van der Waals surface area contributed by atoms with Gasteiger partial charge in [-0.05, 0) is 62.3 Å². The van der Waals surface area contributed by atoms with Gasteiger partial charge in [-0.25, -0.2) is 0 Å². The number of aliphatic hydroxyl groups is 2. The minimum absolute atomic E-state index is 0.377. The fourth-order valence-electron chi connectivity index (χ4n) is 2.11. The Bertz CT molecular complexity index is 488. The summed E-state index contributed by atoms with van der Waals surface area (Å²) < 4.78 is 0. The van der Waals surface area contributed by atoms with Gasteiger partial charge in [0.15, 0.2) is 0 Å². The molecule has 2 heteroatoms. The summed E-state index contributed by atoms with van der Waals surface area (Å²) in [5.74, 6) is 0.412. The van der Waals surface area contributed by atoms with Crippen molar-refractivity contribution >= 4 is 0 Å². The van der Waals surface area contributed by atoms with E-state index in [0.717, 1.165) is 30.4 Å². The first-order valence-electron chi connectivity index (χ1n) is 7.25. The molecule has 0 saturated carbocycles. The van der Waals surface area contributed by atoms with Gasteiger partial charge in [0.25, 0.3) is 0 Å². The number of hydrogen-bond acceptors (Lipinski definition) is 2. The Morgan fingerprint density at radius 3 is 2.70 bits per heavy atom. The molecule has 0 heterocycles. The molecule has 1 unspecified atom stereocenters. The quantitative estimate of drug-likeness (QED) is 0.710. The predicted molar refractivity (Wildman–Crippen MR) is 85.6 cm³/mol. The van der Waals surface area contributed by atoms with Gasteiger partial charge < -0.3 is 10.2 Å². The second-order valence-electron chi connectivity index (χ2n) is 5.31. The van der Waals surface area contributed by atoms with E-state index in [1.165, 1.54) is 11.1 Å². The van der Waals surface area contributed by atoms with Gasteiger partial charge in [-0.2, -0.15) is 0 Å². The van der Waals surface area contributed by atoms with E-state index in [1.807, 2.05) is 45.9 Å². The molecule has 0 saturated heterocycles. The fourth-order valence-corrected chi connectivity index (χ4v) is 2.11. The molecule has 0 aliphatic heterocycles. The standard InChI is InChI=1S/C18H26O2/c1-5-15(9-10-17(19)6-2)12-16-8-7-13(3)18(20)14(4)11-16/h5,8-11,17,19-20H,6-7,12H2,1-4H3/b10-9-,15-5+. The van der Waals surface area contributed by atoms with E-state index in [2.05, 4.69) is 12.2 Å². The van der Waals surface area contributed by atoms with E-state index >= 15 is 0 Å². The van der Waals surface area contributed by atoms with Gasteiger partial charge in [0.05, 0.1) is 6.10 Å². The molecule has 0 bridgehead atoms. The summed E-state index contributed by atoms with van der Waals surface area (Å²) in [5.41, 5.74) is 4.30. The molecule has 1 aliphatic rings. The third-order valence-electron chi connectivity index (χ3n) is 3.58. The SMILES string of the molecule is C/C=C(\C=C/C(O)CC)CC1=CCC(C)=C(O)C(C)=C1. The van der Waals surface area contributed by atoms with E-state index in [0.29, 0.717) is 5.76 Å². The van der Waals surface area contributed by atoms with Gasteiger partial charge in [0.2, 0.25) is 0 Å². The Labute approximate surface area is 122 Å². The summed E-state index contributed by atoms with van der Waals surface area (Å²) >= 11 is 0. The first-order chi connectivity index (χ1) is 9.47. The van der Waals surface area contributed by atoms with Crippen LogP contribution in [-0.2, 0) is 0 Å². The maximum atomic E-state index is 9.96. The van der Waals surface area contributed by atoms with Crippen LogP contribution in [-0.4, -0.2) is 16.3 Å². The minimum atomic E-state index is -0.377. The topological polar surface area (TPSA) is 40.5 Å². The highest BCUT2D eigenvalue weighted by Gasteiger charge is 2.08. The second kappa shape index (κ2) is 7.91. The monoisotopic (exact) mass is 274 g/mol. The molecule has 1 rings (SSSR count). The van der Waals surface area contributed by atoms with Gasteiger partial charge >= 0.3 is 0 Å². The largest absolute Gasteiger partial charge is 0.508 e.